The second-order valence-corrected chi connectivity index (χ2v) is 2.16. The molecule has 1 fully saturated rings. The summed E-state index contributed by atoms with van der Waals surface area (Å²) in [6.45, 7) is 4.07. The molecule has 0 aromatic rings. The predicted octanol–water partition coefficient (Wildman–Crippen LogP) is -0.770. The van der Waals surface area contributed by atoms with Gasteiger partial charge in [0.25, 0.3) is 0 Å². The van der Waals surface area contributed by atoms with Crippen LogP contribution in [-0.2, 0) is 0 Å². The van der Waals surface area contributed by atoms with E-state index >= 15 is 0 Å². The number of thiocarbonyl (C=S) groups is 1. The van der Waals surface area contributed by atoms with Crippen LogP contribution in [0.3, 0.4) is 0 Å². The lowest BCUT2D eigenvalue weighted by atomic mass is 10.4. The number of nitrogens with zero attached hydrogens (tertiary/aromatic N) is 1. The van der Waals surface area contributed by atoms with E-state index in [2.05, 4.69) is 28.5 Å². The molecule has 0 spiro atoms. The number of rotatable bonds is 2. The van der Waals surface area contributed by atoms with E-state index in [0.717, 1.165) is 26.2 Å². The molecule has 0 unspecified atom stereocenters. The van der Waals surface area contributed by atoms with Gasteiger partial charge in [0.15, 0.2) is 0 Å². The van der Waals surface area contributed by atoms with Crippen molar-refractivity contribution in [1.82, 2.24) is 15.8 Å². The summed E-state index contributed by atoms with van der Waals surface area (Å²) in [6, 6.07) is 0. The molecule has 1 heterocycles. The van der Waals surface area contributed by atoms with Gasteiger partial charge in [-0.3, -0.25) is 0 Å². The largest absolute Gasteiger partial charge is 0.314 e. The van der Waals surface area contributed by atoms with Crippen molar-refractivity contribution in [1.29, 1.82) is 0 Å². The van der Waals surface area contributed by atoms with Gasteiger partial charge in [-0.25, -0.2) is 5.01 Å². The van der Waals surface area contributed by atoms with Crippen molar-refractivity contribution in [2.24, 2.45) is 0 Å². The summed E-state index contributed by atoms with van der Waals surface area (Å²) in [5.41, 5.74) is 5.31. The van der Waals surface area contributed by atoms with E-state index in [1.165, 1.54) is 0 Å². The lowest BCUT2D eigenvalue weighted by molar-refractivity contribution is 0.210. The van der Waals surface area contributed by atoms with Gasteiger partial charge in [0.2, 0.25) is 0 Å². The monoisotopic (exact) mass is 144 g/mol. The number of hydrazine groups is 1. The van der Waals surface area contributed by atoms with Crippen molar-refractivity contribution >= 4 is 17.7 Å². The molecule has 0 aromatic carbocycles. The molecule has 1 rings (SSSR count). The van der Waals surface area contributed by atoms with Crippen LogP contribution in [0.1, 0.15) is 0 Å². The molecule has 0 bridgehead atoms. The Hall–Kier alpha value is -0.190. The van der Waals surface area contributed by atoms with Crippen LogP contribution in [0.4, 0.5) is 0 Å². The summed E-state index contributed by atoms with van der Waals surface area (Å²) >= 11 is 4.51. The van der Waals surface area contributed by atoms with Crippen LogP contribution in [0.15, 0.2) is 0 Å². The van der Waals surface area contributed by atoms with E-state index < -0.39 is 0 Å². The first kappa shape index (κ1) is 6.92. The number of hydrogen-bond donors (Lipinski definition) is 2. The molecule has 1 radical (unpaired) electrons. The molecule has 1 aliphatic rings. The van der Waals surface area contributed by atoms with Crippen molar-refractivity contribution in [3.05, 3.63) is 0 Å². The van der Waals surface area contributed by atoms with Crippen molar-refractivity contribution < 1.29 is 0 Å². The van der Waals surface area contributed by atoms with Crippen molar-refractivity contribution in [2.75, 3.05) is 26.2 Å². The van der Waals surface area contributed by atoms with Gasteiger partial charge in [-0.15, -0.1) is 0 Å². The van der Waals surface area contributed by atoms with Crippen molar-refractivity contribution in [3.63, 3.8) is 0 Å². The highest BCUT2D eigenvalue weighted by molar-refractivity contribution is 7.78. The Morgan fingerprint density at radius 1 is 1.44 bits per heavy atom. The first-order chi connectivity index (χ1) is 4.43. The maximum Gasteiger partial charge on any atom is 0.149 e. The molecule has 1 saturated heterocycles. The third-order valence-corrected chi connectivity index (χ3v) is 1.41. The Kier molecular flexibility index (Phi) is 2.90. The third-order valence-electron chi connectivity index (χ3n) is 1.32. The Labute approximate surface area is 60.4 Å². The molecular formula is C5H10N3S. The molecule has 1 aliphatic heterocycles. The van der Waals surface area contributed by atoms with Crippen molar-refractivity contribution in [3.8, 4) is 0 Å². The normalized spacial score (nSPS) is 21.3. The summed E-state index contributed by atoms with van der Waals surface area (Å²) in [5.74, 6) is 0. The van der Waals surface area contributed by atoms with E-state index in [9.17, 15) is 0 Å². The van der Waals surface area contributed by atoms with Gasteiger partial charge in [-0.2, -0.15) is 0 Å². The quantitative estimate of drug-likeness (QED) is 0.393. The summed E-state index contributed by atoms with van der Waals surface area (Å²) in [5, 5.41) is 5.27. The smallest absolute Gasteiger partial charge is 0.149 e. The third kappa shape index (κ3) is 2.26. The number of nitrogens with one attached hydrogen (secondary N) is 2. The highest BCUT2D eigenvalue weighted by atomic mass is 32.1. The highest BCUT2D eigenvalue weighted by Crippen LogP contribution is 1.83. The van der Waals surface area contributed by atoms with Gasteiger partial charge in [-0.05, 0) is 0 Å². The molecule has 0 aromatic heterocycles. The van der Waals surface area contributed by atoms with E-state index in [4.69, 9.17) is 0 Å². The minimum Gasteiger partial charge on any atom is -0.314 e. The predicted molar refractivity (Wildman–Crippen MR) is 40.2 cm³/mol. The van der Waals surface area contributed by atoms with Gasteiger partial charge >= 0.3 is 0 Å². The summed E-state index contributed by atoms with van der Waals surface area (Å²) in [7, 11) is 0. The van der Waals surface area contributed by atoms with E-state index in [-0.39, 0.29) is 0 Å². The molecule has 9 heavy (non-hydrogen) atoms. The van der Waals surface area contributed by atoms with Gasteiger partial charge in [0.1, 0.15) is 5.49 Å². The lowest BCUT2D eigenvalue weighted by Gasteiger charge is -2.25. The maximum atomic E-state index is 4.51. The Bertz CT molecular complexity index is 90.2. The maximum absolute atomic E-state index is 4.51. The zero-order chi connectivity index (χ0) is 6.53. The SMILES string of the molecule is S=[C]NN1CCNCC1. The van der Waals surface area contributed by atoms with Gasteiger partial charge in [0, 0.05) is 26.2 Å². The Morgan fingerprint density at radius 3 is 2.67 bits per heavy atom. The zero-order valence-corrected chi connectivity index (χ0v) is 6.00. The van der Waals surface area contributed by atoms with Crippen molar-refractivity contribution in [2.45, 2.75) is 0 Å². The summed E-state index contributed by atoms with van der Waals surface area (Å²) in [6.07, 6.45) is 0. The average molecular weight is 144 g/mol. The Balaban J connectivity index is 2.15. The Morgan fingerprint density at radius 2 is 2.11 bits per heavy atom. The first-order valence-corrected chi connectivity index (χ1v) is 3.43. The number of hydrogen-bond acceptors (Lipinski definition) is 3. The standard InChI is InChI=1S/C5H10N3S/c9-5-7-8-3-1-6-2-4-8/h6H,1-4H2,(H,7,9). The molecule has 0 saturated carbocycles. The molecule has 2 N–H and O–H groups in total. The minimum atomic E-state index is 1.00. The molecular weight excluding hydrogens is 134 g/mol. The van der Waals surface area contributed by atoms with Crippen LogP contribution < -0.4 is 10.7 Å². The molecule has 3 nitrogen and oxygen atoms in total. The van der Waals surface area contributed by atoms with Gasteiger partial charge in [0.05, 0.1) is 0 Å². The van der Waals surface area contributed by atoms with E-state index in [1.807, 2.05) is 5.01 Å². The molecule has 0 aliphatic carbocycles. The summed E-state index contributed by atoms with van der Waals surface area (Å²) in [4.78, 5) is 0. The number of piperazine rings is 1. The second-order valence-electron chi connectivity index (χ2n) is 1.95. The fourth-order valence-corrected chi connectivity index (χ4v) is 0.970. The molecule has 51 valence electrons. The van der Waals surface area contributed by atoms with Crippen LogP contribution >= 0.6 is 12.2 Å². The first-order valence-electron chi connectivity index (χ1n) is 3.02. The molecule has 0 amide bonds. The van der Waals surface area contributed by atoms with Crippen LogP contribution in [0.2, 0.25) is 0 Å². The van der Waals surface area contributed by atoms with Gasteiger partial charge in [-0.1, -0.05) is 12.2 Å². The molecule has 0 atom stereocenters. The van der Waals surface area contributed by atoms with Crippen LogP contribution in [0.5, 0.6) is 0 Å². The van der Waals surface area contributed by atoms with Crippen LogP contribution in [-0.4, -0.2) is 36.7 Å². The van der Waals surface area contributed by atoms with E-state index in [1.54, 1.807) is 0 Å². The van der Waals surface area contributed by atoms with Crippen LogP contribution in [0.25, 0.3) is 0 Å². The minimum absolute atomic E-state index is 1.00. The highest BCUT2D eigenvalue weighted by Gasteiger charge is 2.05. The van der Waals surface area contributed by atoms with E-state index in [0.29, 0.717) is 0 Å². The zero-order valence-electron chi connectivity index (χ0n) is 5.18. The fourth-order valence-electron chi connectivity index (χ4n) is 0.841. The fraction of sp³-hybridized carbons (Fsp3) is 0.800. The lowest BCUT2D eigenvalue weighted by Crippen LogP contribution is -2.49. The summed E-state index contributed by atoms with van der Waals surface area (Å²) < 4.78 is 0. The van der Waals surface area contributed by atoms with Crippen LogP contribution in [0, 0.1) is 0 Å². The second kappa shape index (κ2) is 3.76. The topological polar surface area (TPSA) is 27.3 Å². The van der Waals surface area contributed by atoms with Gasteiger partial charge < -0.3 is 10.7 Å². The molecule has 4 heteroatoms. The average Bonchev–Trinajstić information content (AvgIpc) is 1.91.